The molecule has 2 aromatic rings. The van der Waals surface area contributed by atoms with Gasteiger partial charge in [-0.2, -0.15) is 16.7 Å². The Bertz CT molecular complexity index is 670. The second-order valence-electron chi connectivity index (χ2n) is 4.58. The summed E-state index contributed by atoms with van der Waals surface area (Å²) in [5, 5.41) is 10.9. The van der Waals surface area contributed by atoms with Gasteiger partial charge in [0.1, 0.15) is 11.4 Å². The van der Waals surface area contributed by atoms with Crippen molar-refractivity contribution in [3.63, 3.8) is 0 Å². The number of halogens is 1. The fourth-order valence-electron chi connectivity index (χ4n) is 1.72. The average Bonchev–Trinajstić information content (AvgIpc) is 2.35. The lowest BCUT2D eigenvalue weighted by Crippen LogP contribution is -2.14. The predicted molar refractivity (Wildman–Crippen MR) is 83.4 cm³/mol. The number of hydrogen-bond donors (Lipinski definition) is 2. The van der Waals surface area contributed by atoms with Crippen LogP contribution in [-0.2, 0) is 5.75 Å². The van der Waals surface area contributed by atoms with E-state index in [9.17, 15) is 9.90 Å². The lowest BCUT2D eigenvalue weighted by atomic mass is 10.1. The molecule has 0 amide bonds. The molecule has 0 aliphatic heterocycles. The third-order valence-electron chi connectivity index (χ3n) is 2.62. The maximum absolute atomic E-state index is 12.1. The summed E-state index contributed by atoms with van der Waals surface area (Å²) >= 11 is 7.54. The Kier molecular flexibility index (Phi) is 4.73. The second-order valence-corrected chi connectivity index (χ2v) is 6.58. The normalized spacial score (nSPS) is 11.0. The van der Waals surface area contributed by atoms with E-state index in [2.05, 4.69) is 23.8 Å². The van der Waals surface area contributed by atoms with E-state index >= 15 is 0 Å². The Balaban J connectivity index is 2.39. The van der Waals surface area contributed by atoms with Crippen LogP contribution < -0.4 is 5.56 Å². The molecule has 0 atom stereocenters. The first-order chi connectivity index (χ1) is 9.47. The molecule has 1 aromatic carbocycles. The Morgan fingerprint density at radius 1 is 1.45 bits per heavy atom. The fourth-order valence-corrected chi connectivity index (χ4v) is 2.54. The molecular formula is C14H15ClN2O2S. The summed E-state index contributed by atoms with van der Waals surface area (Å²) in [7, 11) is 0. The molecule has 1 heterocycles. The van der Waals surface area contributed by atoms with Gasteiger partial charge in [0.05, 0.1) is 5.75 Å². The molecule has 0 radical (unpaired) electrons. The highest BCUT2D eigenvalue weighted by Crippen LogP contribution is 2.26. The number of aromatic amines is 1. The highest BCUT2D eigenvalue weighted by Gasteiger charge is 2.13. The topological polar surface area (TPSA) is 66.0 Å². The molecule has 2 rings (SSSR count). The molecule has 0 saturated carbocycles. The maximum Gasteiger partial charge on any atom is 0.262 e. The van der Waals surface area contributed by atoms with Gasteiger partial charge in [0, 0.05) is 5.02 Å². The van der Waals surface area contributed by atoms with Crippen molar-refractivity contribution in [1.29, 1.82) is 0 Å². The lowest BCUT2D eigenvalue weighted by molar-refractivity contribution is 0.451. The van der Waals surface area contributed by atoms with Crippen LogP contribution in [0.3, 0.4) is 0 Å². The number of nitrogens with zero attached hydrogens (tertiary/aromatic N) is 1. The van der Waals surface area contributed by atoms with Crippen LogP contribution in [0.5, 0.6) is 5.88 Å². The van der Waals surface area contributed by atoms with E-state index in [1.165, 1.54) is 0 Å². The lowest BCUT2D eigenvalue weighted by Gasteiger charge is -2.07. The maximum atomic E-state index is 12.1. The molecule has 0 saturated heterocycles. The number of thioether (sulfide) groups is 1. The van der Waals surface area contributed by atoms with Crippen molar-refractivity contribution in [2.24, 2.45) is 0 Å². The predicted octanol–water partition coefficient (Wildman–Crippen LogP) is 3.44. The molecule has 106 valence electrons. The molecule has 0 fully saturated rings. The molecule has 2 N–H and O–H groups in total. The standard InChI is InChI=1S/C14H15ClN2O2S/c1-8(2)20-7-11-16-13(18)12(14(19)17-11)9-4-3-5-10(15)6-9/h3-6,8H,7H2,1-2H3,(H2,16,17,18,19). The summed E-state index contributed by atoms with van der Waals surface area (Å²) in [6.45, 7) is 4.12. The van der Waals surface area contributed by atoms with Crippen molar-refractivity contribution >= 4 is 23.4 Å². The smallest absolute Gasteiger partial charge is 0.262 e. The van der Waals surface area contributed by atoms with Gasteiger partial charge in [0.2, 0.25) is 5.88 Å². The molecule has 0 aliphatic carbocycles. The van der Waals surface area contributed by atoms with Gasteiger partial charge < -0.3 is 10.1 Å². The van der Waals surface area contributed by atoms with Crippen molar-refractivity contribution in [3.8, 4) is 17.0 Å². The van der Waals surface area contributed by atoms with Crippen LogP contribution in [0.25, 0.3) is 11.1 Å². The minimum atomic E-state index is -0.362. The molecule has 0 spiro atoms. The summed E-state index contributed by atoms with van der Waals surface area (Å²) in [6, 6.07) is 6.76. The van der Waals surface area contributed by atoms with Crippen LogP contribution in [0.2, 0.25) is 5.02 Å². The van der Waals surface area contributed by atoms with Gasteiger partial charge in [0.25, 0.3) is 5.56 Å². The van der Waals surface area contributed by atoms with E-state index in [-0.39, 0.29) is 17.0 Å². The average molecular weight is 311 g/mol. The van der Waals surface area contributed by atoms with E-state index < -0.39 is 0 Å². The van der Waals surface area contributed by atoms with Crippen molar-refractivity contribution < 1.29 is 5.11 Å². The third kappa shape index (κ3) is 3.55. The van der Waals surface area contributed by atoms with Gasteiger partial charge in [-0.1, -0.05) is 37.6 Å². The van der Waals surface area contributed by atoms with Crippen LogP contribution in [0, 0.1) is 0 Å². The summed E-state index contributed by atoms with van der Waals surface area (Å²) in [5.74, 6) is 0.753. The van der Waals surface area contributed by atoms with Gasteiger partial charge in [0.15, 0.2) is 0 Å². The zero-order valence-corrected chi connectivity index (χ0v) is 12.8. The van der Waals surface area contributed by atoms with Crippen molar-refractivity contribution in [1.82, 2.24) is 9.97 Å². The minimum absolute atomic E-state index is 0.144. The first kappa shape index (κ1) is 14.9. The molecular weight excluding hydrogens is 296 g/mol. The number of benzene rings is 1. The van der Waals surface area contributed by atoms with Crippen LogP contribution in [0.15, 0.2) is 29.1 Å². The summed E-state index contributed by atoms with van der Waals surface area (Å²) in [4.78, 5) is 18.9. The largest absolute Gasteiger partial charge is 0.493 e. The number of rotatable bonds is 4. The first-order valence-electron chi connectivity index (χ1n) is 6.17. The first-order valence-corrected chi connectivity index (χ1v) is 7.59. The fraction of sp³-hybridized carbons (Fsp3) is 0.286. The van der Waals surface area contributed by atoms with Gasteiger partial charge in [-0.15, -0.1) is 0 Å². The van der Waals surface area contributed by atoms with Crippen molar-refractivity contribution in [2.45, 2.75) is 24.9 Å². The van der Waals surface area contributed by atoms with Gasteiger partial charge in [-0.3, -0.25) is 4.79 Å². The molecule has 20 heavy (non-hydrogen) atoms. The van der Waals surface area contributed by atoms with Crippen molar-refractivity contribution in [2.75, 3.05) is 0 Å². The zero-order valence-electron chi connectivity index (χ0n) is 11.2. The summed E-state index contributed by atoms with van der Waals surface area (Å²) in [6.07, 6.45) is 0. The minimum Gasteiger partial charge on any atom is -0.493 e. The number of nitrogens with one attached hydrogen (secondary N) is 1. The molecule has 0 aliphatic rings. The van der Waals surface area contributed by atoms with Crippen molar-refractivity contribution in [3.05, 3.63) is 45.5 Å². The van der Waals surface area contributed by atoms with E-state index in [1.54, 1.807) is 36.0 Å². The van der Waals surface area contributed by atoms with Crippen LogP contribution >= 0.6 is 23.4 Å². The third-order valence-corrected chi connectivity index (χ3v) is 3.96. The van der Waals surface area contributed by atoms with Gasteiger partial charge in [-0.25, -0.2) is 0 Å². The highest BCUT2D eigenvalue weighted by molar-refractivity contribution is 7.99. The van der Waals surface area contributed by atoms with E-state index in [4.69, 9.17) is 11.6 Å². The Labute approximate surface area is 126 Å². The Hall–Kier alpha value is -1.46. The van der Waals surface area contributed by atoms with E-state index in [1.807, 2.05) is 0 Å². The number of hydrogen-bond acceptors (Lipinski definition) is 4. The SMILES string of the molecule is CC(C)SCc1nc(O)c(-c2cccc(Cl)c2)c(=O)[nH]1. The number of aromatic hydroxyl groups is 1. The molecule has 6 heteroatoms. The van der Waals surface area contributed by atoms with Gasteiger partial charge >= 0.3 is 0 Å². The van der Waals surface area contributed by atoms with E-state index in [0.29, 0.717) is 27.4 Å². The highest BCUT2D eigenvalue weighted by atomic mass is 35.5. The van der Waals surface area contributed by atoms with Gasteiger partial charge in [-0.05, 0) is 22.9 Å². The van der Waals surface area contributed by atoms with Crippen LogP contribution in [0.4, 0.5) is 0 Å². The quantitative estimate of drug-likeness (QED) is 0.908. The molecule has 4 nitrogen and oxygen atoms in total. The molecule has 0 unspecified atom stereocenters. The Morgan fingerprint density at radius 2 is 2.20 bits per heavy atom. The monoisotopic (exact) mass is 310 g/mol. The number of aromatic nitrogens is 2. The molecule has 0 bridgehead atoms. The Morgan fingerprint density at radius 3 is 2.80 bits per heavy atom. The number of H-pyrrole nitrogens is 1. The summed E-state index contributed by atoms with van der Waals surface area (Å²) < 4.78 is 0. The van der Waals surface area contributed by atoms with Crippen LogP contribution in [-0.4, -0.2) is 20.3 Å². The van der Waals surface area contributed by atoms with E-state index in [0.717, 1.165) is 0 Å². The zero-order chi connectivity index (χ0) is 14.7. The van der Waals surface area contributed by atoms with Crippen LogP contribution in [0.1, 0.15) is 19.7 Å². The second kappa shape index (κ2) is 6.33. The summed E-state index contributed by atoms with van der Waals surface area (Å²) in [5.41, 5.74) is 0.330. The molecule has 1 aromatic heterocycles.